The lowest BCUT2D eigenvalue weighted by molar-refractivity contribution is -0.0500. The third kappa shape index (κ3) is 3.81. The van der Waals surface area contributed by atoms with Crippen LogP contribution >= 0.6 is 0 Å². The molecule has 6 nitrogen and oxygen atoms in total. The first kappa shape index (κ1) is 18.1. The molecule has 0 N–H and O–H groups in total. The Morgan fingerprint density at radius 3 is 2.32 bits per heavy atom. The van der Waals surface area contributed by atoms with E-state index in [9.17, 15) is 26.4 Å². The van der Waals surface area contributed by atoms with Crippen LogP contribution in [0.15, 0.2) is 12.1 Å². The highest BCUT2D eigenvalue weighted by Crippen LogP contribution is 2.33. The van der Waals surface area contributed by atoms with Gasteiger partial charge in [-0.05, 0) is 25.5 Å². The Labute approximate surface area is 124 Å². The number of aryl methyl sites for hydroxylation is 1. The molecule has 0 spiro atoms. The molecule has 22 heavy (non-hydrogen) atoms. The van der Waals surface area contributed by atoms with E-state index in [1.54, 1.807) is 0 Å². The molecule has 0 unspecified atom stereocenters. The Hall–Kier alpha value is -1.97. The number of halogens is 3. The number of carbonyl (C=O) groups is 1. The predicted octanol–water partition coefficient (Wildman–Crippen LogP) is 2.41. The van der Waals surface area contributed by atoms with Crippen molar-refractivity contribution in [2.45, 2.75) is 19.4 Å². The summed E-state index contributed by atoms with van der Waals surface area (Å²) in [5, 5.41) is 0. The number of carbonyl (C=O) groups excluding carboxylic acids is 1. The van der Waals surface area contributed by atoms with Crippen LogP contribution in [0.4, 0.5) is 13.2 Å². The van der Waals surface area contributed by atoms with Crippen LogP contribution in [0.2, 0.25) is 0 Å². The molecule has 0 aliphatic rings. The van der Waals surface area contributed by atoms with Crippen molar-refractivity contribution in [1.82, 2.24) is 0 Å². The average Bonchev–Trinajstić information content (AvgIpc) is 2.36. The van der Waals surface area contributed by atoms with Gasteiger partial charge in [-0.1, -0.05) is 0 Å². The highest BCUT2D eigenvalue weighted by molar-refractivity contribution is 7.88. The second-order valence-electron chi connectivity index (χ2n) is 4.02. The van der Waals surface area contributed by atoms with Crippen molar-refractivity contribution in [2.75, 3.05) is 13.7 Å². The molecule has 0 saturated heterocycles. The van der Waals surface area contributed by atoms with Crippen molar-refractivity contribution >= 4 is 16.1 Å². The summed E-state index contributed by atoms with van der Waals surface area (Å²) in [6.45, 7) is 2.82. The van der Waals surface area contributed by atoms with Gasteiger partial charge in [0.15, 0.2) is 5.75 Å². The number of hydrogen-bond acceptors (Lipinski definition) is 6. The van der Waals surface area contributed by atoms with Crippen LogP contribution in [-0.4, -0.2) is 33.6 Å². The van der Waals surface area contributed by atoms with Crippen LogP contribution in [0.1, 0.15) is 22.8 Å². The van der Waals surface area contributed by atoms with Gasteiger partial charge in [0.25, 0.3) is 0 Å². The number of benzene rings is 1. The first-order chi connectivity index (χ1) is 10.0. The zero-order valence-corrected chi connectivity index (χ0v) is 12.7. The maximum Gasteiger partial charge on any atom is 0.534 e. The maximum atomic E-state index is 12.4. The molecule has 10 heteroatoms. The van der Waals surface area contributed by atoms with Gasteiger partial charge in [-0.15, -0.1) is 0 Å². The monoisotopic (exact) mass is 342 g/mol. The smallest absolute Gasteiger partial charge is 0.497 e. The molecule has 1 aromatic rings. The van der Waals surface area contributed by atoms with Gasteiger partial charge in [-0.25, -0.2) is 4.79 Å². The van der Waals surface area contributed by atoms with E-state index in [4.69, 9.17) is 4.74 Å². The van der Waals surface area contributed by atoms with Crippen molar-refractivity contribution in [3.05, 3.63) is 23.3 Å². The van der Waals surface area contributed by atoms with E-state index in [2.05, 4.69) is 8.92 Å². The molecule has 0 aliphatic carbocycles. The van der Waals surface area contributed by atoms with Crippen LogP contribution < -0.4 is 8.92 Å². The van der Waals surface area contributed by atoms with E-state index in [1.165, 1.54) is 27.0 Å². The minimum Gasteiger partial charge on any atom is -0.497 e. The van der Waals surface area contributed by atoms with Crippen LogP contribution in [0.25, 0.3) is 0 Å². The zero-order valence-electron chi connectivity index (χ0n) is 11.9. The van der Waals surface area contributed by atoms with Gasteiger partial charge in [0.1, 0.15) is 11.3 Å². The Morgan fingerprint density at radius 2 is 1.86 bits per heavy atom. The lowest BCUT2D eigenvalue weighted by atomic mass is 10.1. The van der Waals surface area contributed by atoms with E-state index < -0.39 is 32.9 Å². The fourth-order valence-corrected chi connectivity index (χ4v) is 2.00. The van der Waals surface area contributed by atoms with Crippen LogP contribution in [-0.2, 0) is 14.9 Å². The lowest BCUT2D eigenvalue weighted by Gasteiger charge is -2.15. The zero-order chi connectivity index (χ0) is 17.1. The summed E-state index contributed by atoms with van der Waals surface area (Å²) in [4.78, 5) is 11.8. The van der Waals surface area contributed by atoms with Crippen molar-refractivity contribution < 1.29 is 40.0 Å². The molecule has 1 rings (SSSR count). The lowest BCUT2D eigenvalue weighted by Crippen LogP contribution is -2.29. The molecule has 0 heterocycles. The normalized spacial score (nSPS) is 11.9. The first-order valence-corrected chi connectivity index (χ1v) is 7.30. The Bertz CT molecular complexity index is 666. The van der Waals surface area contributed by atoms with Gasteiger partial charge in [0, 0.05) is 6.07 Å². The predicted molar refractivity (Wildman–Crippen MR) is 69.3 cm³/mol. The maximum absolute atomic E-state index is 12.4. The summed E-state index contributed by atoms with van der Waals surface area (Å²) in [6, 6.07) is 2.20. The van der Waals surface area contributed by atoms with Crippen LogP contribution in [0.5, 0.6) is 11.5 Å². The minimum absolute atomic E-state index is 0.0259. The number of alkyl halides is 3. The first-order valence-electron chi connectivity index (χ1n) is 5.90. The number of ether oxygens (including phenoxy) is 2. The number of methoxy groups -OCH3 is 1. The summed E-state index contributed by atoms with van der Waals surface area (Å²) in [5.74, 6) is -1.79. The standard InChI is InChI=1S/C12H13F3O6S/c1-4-20-11(16)10-7(2)5-8(19-3)6-9(10)21-22(17,18)12(13,14)15/h5-6H,4H2,1-3H3. The average molecular weight is 342 g/mol. The summed E-state index contributed by atoms with van der Waals surface area (Å²) in [5.41, 5.74) is -5.91. The minimum atomic E-state index is -5.93. The molecule has 0 bridgehead atoms. The van der Waals surface area contributed by atoms with Crippen LogP contribution in [0, 0.1) is 6.92 Å². The largest absolute Gasteiger partial charge is 0.534 e. The highest BCUT2D eigenvalue weighted by Gasteiger charge is 2.49. The van der Waals surface area contributed by atoms with Crippen LogP contribution in [0.3, 0.4) is 0 Å². The molecule has 1 aromatic carbocycles. The van der Waals surface area contributed by atoms with E-state index in [-0.39, 0.29) is 17.9 Å². The van der Waals surface area contributed by atoms with E-state index in [0.29, 0.717) is 0 Å². The van der Waals surface area contributed by atoms with E-state index >= 15 is 0 Å². The molecular formula is C12H13F3O6S. The quantitative estimate of drug-likeness (QED) is 0.464. The topological polar surface area (TPSA) is 78.9 Å². The number of rotatable bonds is 5. The second-order valence-corrected chi connectivity index (χ2v) is 5.56. The van der Waals surface area contributed by atoms with Gasteiger partial charge in [-0.3, -0.25) is 0 Å². The molecular weight excluding hydrogens is 329 g/mol. The van der Waals surface area contributed by atoms with Crippen molar-refractivity contribution in [1.29, 1.82) is 0 Å². The number of esters is 1. The van der Waals surface area contributed by atoms with Gasteiger partial charge >= 0.3 is 21.6 Å². The molecule has 0 atom stereocenters. The fourth-order valence-electron chi connectivity index (χ4n) is 1.54. The molecule has 0 aliphatic heterocycles. The molecule has 124 valence electrons. The Balaban J connectivity index is 3.44. The van der Waals surface area contributed by atoms with Gasteiger partial charge < -0.3 is 13.7 Å². The highest BCUT2D eigenvalue weighted by atomic mass is 32.2. The van der Waals surface area contributed by atoms with Gasteiger partial charge in [0.05, 0.1) is 13.7 Å². The van der Waals surface area contributed by atoms with Gasteiger partial charge in [-0.2, -0.15) is 21.6 Å². The molecule has 0 fully saturated rings. The molecule has 0 saturated carbocycles. The SMILES string of the molecule is CCOC(=O)c1c(C)cc(OC)cc1OS(=O)(=O)C(F)(F)F. The Morgan fingerprint density at radius 1 is 1.27 bits per heavy atom. The Kier molecular flexibility index (Phi) is 5.28. The second kappa shape index (κ2) is 6.42. The fraction of sp³-hybridized carbons (Fsp3) is 0.417. The summed E-state index contributed by atoms with van der Waals surface area (Å²) in [7, 11) is -4.70. The van der Waals surface area contributed by atoms with E-state index in [0.717, 1.165) is 6.07 Å². The van der Waals surface area contributed by atoms with Gasteiger partial charge in [0.2, 0.25) is 0 Å². The molecule has 0 amide bonds. The number of hydrogen-bond donors (Lipinski definition) is 0. The molecule has 0 radical (unpaired) electrons. The summed E-state index contributed by atoms with van der Waals surface area (Å²) >= 11 is 0. The van der Waals surface area contributed by atoms with E-state index in [1.807, 2.05) is 0 Å². The van der Waals surface area contributed by atoms with Crippen molar-refractivity contribution in [3.63, 3.8) is 0 Å². The molecule has 0 aromatic heterocycles. The van der Waals surface area contributed by atoms with Crippen molar-refractivity contribution in [3.8, 4) is 11.5 Å². The summed E-state index contributed by atoms with van der Waals surface area (Å²) in [6.07, 6.45) is 0. The third-order valence-electron chi connectivity index (χ3n) is 2.47. The summed E-state index contributed by atoms with van der Waals surface area (Å²) < 4.78 is 73.1. The van der Waals surface area contributed by atoms with Crippen molar-refractivity contribution in [2.24, 2.45) is 0 Å². The third-order valence-corrected chi connectivity index (χ3v) is 3.44.